The Labute approximate surface area is 86.5 Å². The molecule has 0 aliphatic carbocycles. The third kappa shape index (κ3) is 2.00. The summed E-state index contributed by atoms with van der Waals surface area (Å²) < 4.78 is 10.4. The first-order chi connectivity index (χ1) is 6.75. The zero-order chi connectivity index (χ0) is 9.97. The van der Waals surface area contributed by atoms with E-state index in [0.29, 0.717) is 17.4 Å². The number of nitrogens with two attached hydrogens (primary N) is 1. The topological polar surface area (TPSA) is 52.3 Å². The van der Waals surface area contributed by atoms with Crippen LogP contribution in [0.25, 0.3) is 0 Å². The first kappa shape index (κ1) is 9.37. The maximum Gasteiger partial charge on any atom is 0.193 e. The molecule has 0 radical (unpaired) electrons. The van der Waals surface area contributed by atoms with Crippen LogP contribution in [-0.2, 0) is 6.42 Å². The molecule has 0 bridgehead atoms. The Balaban J connectivity index is 2.06. The number of hydrogen-bond acceptors (Lipinski definition) is 3. The average molecular weight is 212 g/mol. The number of furan rings is 2. The van der Waals surface area contributed by atoms with Gasteiger partial charge >= 0.3 is 0 Å². The maximum absolute atomic E-state index is 5.89. The van der Waals surface area contributed by atoms with Gasteiger partial charge in [0.25, 0.3) is 0 Å². The van der Waals surface area contributed by atoms with Gasteiger partial charge < -0.3 is 14.6 Å². The van der Waals surface area contributed by atoms with Crippen molar-refractivity contribution in [1.82, 2.24) is 0 Å². The first-order valence-electron chi connectivity index (χ1n) is 4.29. The van der Waals surface area contributed by atoms with Gasteiger partial charge in [0.2, 0.25) is 0 Å². The van der Waals surface area contributed by atoms with Gasteiger partial charge in [-0.3, -0.25) is 0 Å². The van der Waals surface area contributed by atoms with E-state index in [-0.39, 0.29) is 6.04 Å². The van der Waals surface area contributed by atoms with Crippen LogP contribution in [0.2, 0.25) is 5.22 Å². The maximum atomic E-state index is 5.89. The van der Waals surface area contributed by atoms with Gasteiger partial charge in [0.1, 0.15) is 11.5 Å². The zero-order valence-electron chi connectivity index (χ0n) is 7.44. The molecule has 4 heteroatoms. The van der Waals surface area contributed by atoms with Crippen molar-refractivity contribution in [1.29, 1.82) is 0 Å². The first-order valence-corrected chi connectivity index (χ1v) is 4.66. The summed E-state index contributed by atoms with van der Waals surface area (Å²) in [4.78, 5) is 0. The van der Waals surface area contributed by atoms with E-state index in [1.54, 1.807) is 18.4 Å². The van der Waals surface area contributed by atoms with Crippen LogP contribution < -0.4 is 5.73 Å². The molecular formula is C10H10ClNO2. The average Bonchev–Trinajstić information content (AvgIpc) is 2.75. The van der Waals surface area contributed by atoms with Crippen LogP contribution in [0.5, 0.6) is 0 Å². The predicted molar refractivity (Wildman–Crippen MR) is 53.1 cm³/mol. The van der Waals surface area contributed by atoms with E-state index in [9.17, 15) is 0 Å². The van der Waals surface area contributed by atoms with Gasteiger partial charge in [-0.15, -0.1) is 0 Å². The summed E-state index contributed by atoms with van der Waals surface area (Å²) in [5.41, 5.74) is 5.89. The fraction of sp³-hybridized carbons (Fsp3) is 0.200. The van der Waals surface area contributed by atoms with Crippen LogP contribution in [0.1, 0.15) is 17.6 Å². The molecule has 0 aliphatic rings. The highest BCUT2D eigenvalue weighted by Crippen LogP contribution is 2.21. The normalized spacial score (nSPS) is 13.0. The number of halogens is 1. The Hall–Kier alpha value is -1.19. The highest BCUT2D eigenvalue weighted by molar-refractivity contribution is 6.28. The second-order valence-corrected chi connectivity index (χ2v) is 3.40. The highest BCUT2D eigenvalue weighted by atomic mass is 35.5. The van der Waals surface area contributed by atoms with Crippen molar-refractivity contribution in [2.24, 2.45) is 5.73 Å². The molecule has 14 heavy (non-hydrogen) atoms. The van der Waals surface area contributed by atoms with Crippen molar-refractivity contribution >= 4 is 11.6 Å². The lowest BCUT2D eigenvalue weighted by atomic mass is 10.1. The van der Waals surface area contributed by atoms with Crippen LogP contribution in [-0.4, -0.2) is 0 Å². The van der Waals surface area contributed by atoms with Crippen LogP contribution in [0.3, 0.4) is 0 Å². The van der Waals surface area contributed by atoms with Gasteiger partial charge in [-0.05, 0) is 35.9 Å². The molecule has 2 aromatic rings. The molecule has 2 heterocycles. The molecule has 1 unspecified atom stereocenters. The summed E-state index contributed by atoms with van der Waals surface area (Å²) in [7, 11) is 0. The molecule has 0 amide bonds. The van der Waals surface area contributed by atoms with Crippen LogP contribution >= 0.6 is 11.6 Å². The minimum absolute atomic E-state index is 0.214. The van der Waals surface area contributed by atoms with Crippen molar-refractivity contribution < 1.29 is 8.83 Å². The molecular weight excluding hydrogens is 202 g/mol. The zero-order valence-corrected chi connectivity index (χ0v) is 8.20. The molecule has 74 valence electrons. The molecule has 0 spiro atoms. The van der Waals surface area contributed by atoms with Crippen molar-refractivity contribution in [3.63, 3.8) is 0 Å². The van der Waals surface area contributed by atoms with Crippen molar-refractivity contribution in [3.05, 3.63) is 47.3 Å². The fourth-order valence-corrected chi connectivity index (χ4v) is 1.43. The fourth-order valence-electron chi connectivity index (χ4n) is 1.27. The molecule has 2 rings (SSSR count). The van der Waals surface area contributed by atoms with Crippen molar-refractivity contribution in [2.45, 2.75) is 12.5 Å². The van der Waals surface area contributed by atoms with Crippen LogP contribution in [0.15, 0.2) is 39.4 Å². The Morgan fingerprint density at radius 2 is 2.21 bits per heavy atom. The summed E-state index contributed by atoms with van der Waals surface area (Å²) in [5.74, 6) is 1.51. The minimum atomic E-state index is -0.214. The standard InChI is InChI=1S/C10H10ClNO2/c11-10-4-3-9(14-10)8(12)6-7-2-1-5-13-7/h1-5,8H,6,12H2. The summed E-state index contributed by atoms with van der Waals surface area (Å²) >= 11 is 5.64. The Bertz CT molecular complexity index is 394. The summed E-state index contributed by atoms with van der Waals surface area (Å²) in [6.07, 6.45) is 2.23. The lowest BCUT2D eigenvalue weighted by molar-refractivity contribution is 0.433. The van der Waals surface area contributed by atoms with E-state index in [1.807, 2.05) is 12.1 Å². The third-order valence-electron chi connectivity index (χ3n) is 1.96. The molecule has 0 aromatic carbocycles. The molecule has 0 fully saturated rings. The smallest absolute Gasteiger partial charge is 0.193 e. The monoisotopic (exact) mass is 211 g/mol. The van der Waals surface area contributed by atoms with Gasteiger partial charge in [-0.2, -0.15) is 0 Å². The molecule has 2 aromatic heterocycles. The Kier molecular flexibility index (Phi) is 2.61. The highest BCUT2D eigenvalue weighted by Gasteiger charge is 2.12. The number of hydrogen-bond donors (Lipinski definition) is 1. The van der Waals surface area contributed by atoms with E-state index in [1.165, 1.54) is 0 Å². The third-order valence-corrected chi connectivity index (χ3v) is 2.16. The van der Waals surface area contributed by atoms with Crippen molar-refractivity contribution in [3.8, 4) is 0 Å². The van der Waals surface area contributed by atoms with E-state index >= 15 is 0 Å². The SMILES string of the molecule is NC(Cc1ccco1)c1ccc(Cl)o1. The second kappa shape index (κ2) is 3.90. The van der Waals surface area contributed by atoms with Gasteiger partial charge in [0, 0.05) is 6.42 Å². The Morgan fingerprint density at radius 1 is 1.36 bits per heavy atom. The molecule has 3 nitrogen and oxygen atoms in total. The lowest BCUT2D eigenvalue weighted by Gasteiger charge is -2.05. The molecule has 1 atom stereocenters. The largest absolute Gasteiger partial charge is 0.469 e. The van der Waals surface area contributed by atoms with Gasteiger partial charge in [-0.1, -0.05) is 0 Å². The summed E-state index contributed by atoms with van der Waals surface area (Å²) in [5, 5.41) is 0.356. The van der Waals surface area contributed by atoms with Crippen LogP contribution in [0.4, 0.5) is 0 Å². The quantitative estimate of drug-likeness (QED) is 0.850. The predicted octanol–water partition coefficient (Wildman–Crippen LogP) is 2.77. The lowest BCUT2D eigenvalue weighted by Crippen LogP contribution is -2.11. The van der Waals surface area contributed by atoms with E-state index in [0.717, 1.165) is 5.76 Å². The molecule has 2 N–H and O–H groups in total. The van der Waals surface area contributed by atoms with Gasteiger partial charge in [0.15, 0.2) is 5.22 Å². The molecule has 0 saturated heterocycles. The van der Waals surface area contributed by atoms with Crippen LogP contribution in [0, 0.1) is 0 Å². The van der Waals surface area contributed by atoms with E-state index in [2.05, 4.69) is 0 Å². The molecule has 0 aliphatic heterocycles. The number of rotatable bonds is 3. The van der Waals surface area contributed by atoms with E-state index in [4.69, 9.17) is 26.2 Å². The second-order valence-electron chi connectivity index (χ2n) is 3.03. The summed E-state index contributed by atoms with van der Waals surface area (Å²) in [6.45, 7) is 0. The van der Waals surface area contributed by atoms with Gasteiger partial charge in [-0.25, -0.2) is 0 Å². The van der Waals surface area contributed by atoms with Crippen molar-refractivity contribution in [2.75, 3.05) is 0 Å². The van der Waals surface area contributed by atoms with Gasteiger partial charge in [0.05, 0.1) is 12.3 Å². The summed E-state index contributed by atoms with van der Waals surface area (Å²) in [6, 6.07) is 6.95. The Morgan fingerprint density at radius 3 is 2.79 bits per heavy atom. The molecule has 0 saturated carbocycles. The van der Waals surface area contributed by atoms with E-state index < -0.39 is 0 Å². The minimum Gasteiger partial charge on any atom is -0.469 e.